The molecule has 8 nitrogen and oxygen atoms in total. The third kappa shape index (κ3) is 3.43. The van der Waals surface area contributed by atoms with Gasteiger partial charge in [-0.3, -0.25) is 4.79 Å². The zero-order valence-electron chi connectivity index (χ0n) is 14.1. The van der Waals surface area contributed by atoms with E-state index in [9.17, 15) is 18.0 Å². The minimum atomic E-state index is -3.88. The summed E-state index contributed by atoms with van der Waals surface area (Å²) in [6.45, 7) is 0.445. The van der Waals surface area contributed by atoms with Gasteiger partial charge in [0.05, 0.1) is 0 Å². The van der Waals surface area contributed by atoms with Crippen LogP contribution in [0.2, 0.25) is 0 Å². The average molecular weight is 370 g/mol. The van der Waals surface area contributed by atoms with Crippen LogP contribution in [0.25, 0.3) is 0 Å². The Morgan fingerprint density at radius 3 is 2.32 bits per heavy atom. The molecule has 1 saturated carbocycles. The first-order valence-electron chi connectivity index (χ1n) is 8.40. The van der Waals surface area contributed by atoms with Crippen LogP contribution >= 0.6 is 0 Å². The van der Waals surface area contributed by atoms with Gasteiger partial charge in [0.1, 0.15) is 0 Å². The molecule has 1 aromatic rings. The number of piperidine rings is 1. The molecule has 2 fully saturated rings. The second-order valence-electron chi connectivity index (χ2n) is 6.64. The van der Waals surface area contributed by atoms with Crippen molar-refractivity contribution < 1.29 is 27.5 Å². The topological polar surface area (TPSA) is 108 Å². The van der Waals surface area contributed by atoms with E-state index in [4.69, 9.17) is 9.52 Å². The number of nitrogens with zero attached hydrogens (tertiary/aromatic N) is 2. The molecule has 25 heavy (non-hydrogen) atoms. The van der Waals surface area contributed by atoms with Crippen LogP contribution in [0, 0.1) is 5.92 Å². The molecule has 0 radical (unpaired) electrons. The maximum absolute atomic E-state index is 12.5. The van der Waals surface area contributed by atoms with E-state index in [1.165, 1.54) is 4.31 Å². The first-order valence-corrected chi connectivity index (χ1v) is 9.84. The van der Waals surface area contributed by atoms with Crippen molar-refractivity contribution in [2.45, 2.75) is 43.2 Å². The fourth-order valence-electron chi connectivity index (χ4n) is 3.29. The van der Waals surface area contributed by atoms with Crippen LogP contribution in [-0.2, 0) is 14.8 Å². The maximum atomic E-state index is 12.5. The zero-order valence-corrected chi connectivity index (χ0v) is 14.9. The molecule has 0 spiro atoms. The quantitative estimate of drug-likeness (QED) is 0.839. The minimum Gasteiger partial charge on any atom is -0.475 e. The highest BCUT2D eigenvalue weighted by Crippen LogP contribution is 2.29. The number of hydrogen-bond acceptors (Lipinski definition) is 5. The van der Waals surface area contributed by atoms with Gasteiger partial charge >= 0.3 is 5.97 Å². The Labute approximate surface area is 146 Å². The number of amides is 1. The van der Waals surface area contributed by atoms with Gasteiger partial charge in [0.15, 0.2) is 0 Å². The van der Waals surface area contributed by atoms with Crippen LogP contribution in [-0.4, -0.2) is 60.8 Å². The van der Waals surface area contributed by atoms with Gasteiger partial charge in [-0.05, 0) is 44.2 Å². The summed E-state index contributed by atoms with van der Waals surface area (Å²) in [5.74, 6) is -1.80. The number of carboxylic acid groups (broad SMARTS) is 1. The van der Waals surface area contributed by atoms with Crippen LogP contribution in [0.1, 0.15) is 42.7 Å². The smallest absolute Gasteiger partial charge is 0.371 e. The lowest BCUT2D eigenvalue weighted by molar-refractivity contribution is -0.139. The van der Waals surface area contributed by atoms with Gasteiger partial charge < -0.3 is 14.4 Å². The Balaban J connectivity index is 1.62. The third-order valence-corrected chi connectivity index (χ3v) is 6.93. The lowest BCUT2D eigenvalue weighted by atomic mass is 9.89. The molecule has 0 atom stereocenters. The molecule has 1 amide bonds. The fraction of sp³-hybridized carbons (Fsp3) is 0.625. The molecule has 0 unspecified atom stereocenters. The maximum Gasteiger partial charge on any atom is 0.371 e. The summed E-state index contributed by atoms with van der Waals surface area (Å²) >= 11 is 0. The van der Waals surface area contributed by atoms with Crippen molar-refractivity contribution in [2.24, 2.45) is 5.92 Å². The zero-order chi connectivity index (χ0) is 18.2. The van der Waals surface area contributed by atoms with Crippen molar-refractivity contribution >= 4 is 21.9 Å². The number of rotatable bonds is 5. The lowest BCUT2D eigenvalue weighted by Gasteiger charge is -2.38. The minimum absolute atomic E-state index is 0.0907. The fourth-order valence-corrected chi connectivity index (χ4v) is 4.67. The summed E-state index contributed by atoms with van der Waals surface area (Å²) in [6, 6.07) is 2.60. The number of furan rings is 1. The van der Waals surface area contributed by atoms with Crippen molar-refractivity contribution in [1.82, 2.24) is 9.21 Å². The molecule has 2 heterocycles. The van der Waals surface area contributed by atoms with Gasteiger partial charge in [0.25, 0.3) is 10.0 Å². The van der Waals surface area contributed by atoms with Crippen molar-refractivity contribution in [1.29, 1.82) is 0 Å². The molecule has 1 aliphatic carbocycles. The molecule has 2 aliphatic rings. The summed E-state index contributed by atoms with van der Waals surface area (Å²) in [5, 5.41) is 8.47. The highest BCUT2D eigenvalue weighted by molar-refractivity contribution is 7.89. The Bertz CT molecular complexity index is 759. The molecule has 1 aliphatic heterocycles. The van der Waals surface area contributed by atoms with Gasteiger partial charge in [-0.2, -0.15) is 4.31 Å². The predicted molar refractivity (Wildman–Crippen MR) is 87.6 cm³/mol. The molecule has 3 rings (SSSR count). The molecule has 0 aromatic carbocycles. The summed E-state index contributed by atoms with van der Waals surface area (Å²) in [7, 11) is -2.05. The largest absolute Gasteiger partial charge is 0.475 e. The SMILES string of the molecule is CN(C(=O)C1CCN(S(=O)(=O)c2ccc(C(=O)O)o2)CC1)C1CCC1. The molecule has 1 saturated heterocycles. The normalized spacial score (nSPS) is 20.2. The van der Waals surface area contributed by atoms with E-state index in [0.29, 0.717) is 18.9 Å². The summed E-state index contributed by atoms with van der Waals surface area (Å²) in [6.07, 6.45) is 4.16. The van der Waals surface area contributed by atoms with E-state index in [1.54, 1.807) is 0 Å². The average Bonchev–Trinajstić information content (AvgIpc) is 3.03. The number of carbonyl (C=O) groups excluding carboxylic acids is 1. The molecule has 1 N–H and O–H groups in total. The van der Waals surface area contributed by atoms with Crippen LogP contribution in [0.3, 0.4) is 0 Å². The van der Waals surface area contributed by atoms with E-state index in [0.717, 1.165) is 31.4 Å². The van der Waals surface area contributed by atoms with E-state index in [-0.39, 0.29) is 30.0 Å². The Kier molecular flexibility index (Phi) is 4.88. The Hall–Kier alpha value is -1.87. The van der Waals surface area contributed by atoms with Crippen molar-refractivity contribution in [3.05, 3.63) is 17.9 Å². The van der Waals surface area contributed by atoms with E-state index >= 15 is 0 Å². The molecular weight excluding hydrogens is 348 g/mol. The number of hydrogen-bond donors (Lipinski definition) is 1. The van der Waals surface area contributed by atoms with Gasteiger partial charge in [0.2, 0.25) is 16.8 Å². The Morgan fingerprint density at radius 1 is 1.20 bits per heavy atom. The van der Waals surface area contributed by atoms with Crippen molar-refractivity contribution in [2.75, 3.05) is 20.1 Å². The van der Waals surface area contributed by atoms with Gasteiger partial charge in [-0.1, -0.05) is 0 Å². The number of carbonyl (C=O) groups is 2. The van der Waals surface area contributed by atoms with Gasteiger partial charge in [0, 0.05) is 32.1 Å². The highest BCUT2D eigenvalue weighted by atomic mass is 32.2. The number of aromatic carboxylic acids is 1. The first kappa shape index (κ1) is 17.9. The van der Waals surface area contributed by atoms with Crippen LogP contribution in [0.4, 0.5) is 0 Å². The van der Waals surface area contributed by atoms with E-state index in [2.05, 4.69) is 0 Å². The lowest BCUT2D eigenvalue weighted by Crippen LogP contribution is -2.47. The molecule has 9 heteroatoms. The summed E-state index contributed by atoms with van der Waals surface area (Å²) < 4.78 is 31.3. The third-order valence-electron chi connectivity index (χ3n) is 5.16. The second-order valence-corrected chi connectivity index (χ2v) is 8.50. The van der Waals surface area contributed by atoms with Gasteiger partial charge in [-0.15, -0.1) is 0 Å². The standard InChI is InChI=1S/C16H22N2O6S/c1-17(12-3-2-4-12)15(19)11-7-9-18(10-8-11)25(22,23)14-6-5-13(24-14)16(20)21/h5-6,11-12H,2-4,7-10H2,1H3,(H,20,21). The summed E-state index contributed by atoms with van der Waals surface area (Å²) in [5.41, 5.74) is 0. The highest BCUT2D eigenvalue weighted by Gasteiger charge is 2.36. The van der Waals surface area contributed by atoms with Crippen molar-refractivity contribution in [3.8, 4) is 0 Å². The summed E-state index contributed by atoms with van der Waals surface area (Å²) in [4.78, 5) is 25.2. The Morgan fingerprint density at radius 2 is 1.84 bits per heavy atom. The van der Waals surface area contributed by atoms with Crippen LogP contribution in [0.5, 0.6) is 0 Å². The van der Waals surface area contributed by atoms with Gasteiger partial charge in [-0.25, -0.2) is 13.2 Å². The molecule has 138 valence electrons. The van der Waals surface area contributed by atoms with Crippen LogP contribution in [0.15, 0.2) is 21.6 Å². The second kappa shape index (κ2) is 6.80. The molecular formula is C16H22N2O6S. The number of carboxylic acids is 1. The predicted octanol–water partition coefficient (Wildman–Crippen LogP) is 1.39. The van der Waals surface area contributed by atoms with E-state index < -0.39 is 21.8 Å². The molecule has 0 bridgehead atoms. The van der Waals surface area contributed by atoms with Crippen molar-refractivity contribution in [3.63, 3.8) is 0 Å². The van der Waals surface area contributed by atoms with E-state index in [1.807, 2.05) is 11.9 Å². The number of sulfonamides is 1. The monoisotopic (exact) mass is 370 g/mol. The molecule has 1 aromatic heterocycles. The van der Waals surface area contributed by atoms with Crippen LogP contribution < -0.4 is 0 Å². The first-order chi connectivity index (χ1) is 11.8.